The lowest BCUT2D eigenvalue weighted by Gasteiger charge is -2.44. The third-order valence-corrected chi connectivity index (χ3v) is 6.51. The van der Waals surface area contributed by atoms with Crippen molar-refractivity contribution in [2.75, 3.05) is 25.9 Å². The number of hydrogen-bond donors (Lipinski definition) is 1. The molecule has 3 aliphatic heterocycles. The van der Waals surface area contributed by atoms with Crippen LogP contribution in [0.3, 0.4) is 0 Å². The maximum absolute atomic E-state index is 12.8. The van der Waals surface area contributed by atoms with Gasteiger partial charge in [0.2, 0.25) is 0 Å². The van der Waals surface area contributed by atoms with Gasteiger partial charge in [0.1, 0.15) is 0 Å². The lowest BCUT2D eigenvalue weighted by molar-refractivity contribution is 0.0620. The second-order valence-corrected chi connectivity index (χ2v) is 8.37. The van der Waals surface area contributed by atoms with Crippen molar-refractivity contribution in [1.82, 2.24) is 14.8 Å². The molecule has 1 aromatic carbocycles. The molecule has 3 aliphatic rings. The van der Waals surface area contributed by atoms with Gasteiger partial charge in [-0.15, -0.1) is 11.8 Å². The van der Waals surface area contributed by atoms with Gasteiger partial charge in [0.05, 0.1) is 11.3 Å². The fourth-order valence-electron chi connectivity index (χ4n) is 4.17. The first-order valence-electron chi connectivity index (χ1n) is 9.46. The van der Waals surface area contributed by atoms with E-state index in [2.05, 4.69) is 16.3 Å². The van der Waals surface area contributed by atoms with Gasteiger partial charge in [-0.3, -0.25) is 14.2 Å². The van der Waals surface area contributed by atoms with Crippen LogP contribution in [0.5, 0.6) is 0 Å². The monoisotopic (exact) mass is 383 g/mol. The van der Waals surface area contributed by atoms with E-state index < -0.39 is 0 Å². The van der Waals surface area contributed by atoms with Crippen LogP contribution in [0.1, 0.15) is 28.8 Å². The highest BCUT2D eigenvalue weighted by atomic mass is 32.2. The average molecular weight is 384 g/mol. The van der Waals surface area contributed by atoms with Gasteiger partial charge in [-0.1, -0.05) is 6.07 Å². The molecule has 0 unspecified atom stereocenters. The Hall–Kier alpha value is -2.05. The van der Waals surface area contributed by atoms with E-state index in [1.165, 1.54) is 6.07 Å². The zero-order valence-corrected chi connectivity index (χ0v) is 16.6. The number of carbonyl (C=O) groups is 1. The van der Waals surface area contributed by atoms with Gasteiger partial charge in [0.15, 0.2) is 0 Å². The molecule has 0 saturated carbocycles. The molecule has 5 nitrogen and oxygen atoms in total. The van der Waals surface area contributed by atoms with Gasteiger partial charge in [-0.05, 0) is 68.8 Å². The summed E-state index contributed by atoms with van der Waals surface area (Å²) in [6, 6.07) is 9.31. The SMILES string of the molecule is CSc1cc(C)ccc1-n1cc(C(=O)N[C@H]2CN3CCC2CC3)ccc1=O. The molecule has 2 aromatic rings. The van der Waals surface area contributed by atoms with E-state index in [1.54, 1.807) is 28.6 Å². The minimum atomic E-state index is -0.131. The number of thioether (sulfide) groups is 1. The van der Waals surface area contributed by atoms with Crippen molar-refractivity contribution >= 4 is 17.7 Å². The van der Waals surface area contributed by atoms with Crippen molar-refractivity contribution < 1.29 is 4.79 Å². The van der Waals surface area contributed by atoms with Crippen molar-refractivity contribution in [3.05, 3.63) is 58.0 Å². The largest absolute Gasteiger partial charge is 0.348 e. The summed E-state index contributed by atoms with van der Waals surface area (Å²) in [4.78, 5) is 28.7. The molecule has 2 bridgehead atoms. The van der Waals surface area contributed by atoms with Crippen LogP contribution in [0.4, 0.5) is 0 Å². The number of aryl methyl sites for hydroxylation is 1. The van der Waals surface area contributed by atoms with E-state index in [1.807, 2.05) is 25.3 Å². The second-order valence-electron chi connectivity index (χ2n) is 7.52. The first kappa shape index (κ1) is 18.3. The predicted molar refractivity (Wildman–Crippen MR) is 109 cm³/mol. The number of fused-ring (bicyclic) bond motifs is 3. The van der Waals surface area contributed by atoms with E-state index in [0.717, 1.165) is 48.6 Å². The summed E-state index contributed by atoms with van der Waals surface area (Å²) in [6.45, 7) is 5.26. The van der Waals surface area contributed by atoms with Crippen LogP contribution >= 0.6 is 11.8 Å². The molecule has 27 heavy (non-hydrogen) atoms. The maximum atomic E-state index is 12.8. The van der Waals surface area contributed by atoms with E-state index >= 15 is 0 Å². The molecule has 3 fully saturated rings. The highest BCUT2D eigenvalue weighted by Gasteiger charge is 2.35. The Bertz CT molecular complexity index is 916. The third-order valence-electron chi connectivity index (χ3n) is 5.74. The van der Waals surface area contributed by atoms with Gasteiger partial charge in [0.25, 0.3) is 11.5 Å². The fraction of sp³-hybridized carbons (Fsp3) is 0.429. The van der Waals surface area contributed by atoms with Crippen molar-refractivity contribution in [2.24, 2.45) is 5.92 Å². The summed E-state index contributed by atoms with van der Waals surface area (Å²) >= 11 is 1.60. The van der Waals surface area contributed by atoms with Gasteiger partial charge >= 0.3 is 0 Å². The summed E-state index contributed by atoms with van der Waals surface area (Å²) in [5.74, 6) is 0.477. The number of benzene rings is 1. The van der Waals surface area contributed by atoms with Gasteiger partial charge in [0, 0.05) is 29.7 Å². The van der Waals surface area contributed by atoms with Crippen LogP contribution in [0.2, 0.25) is 0 Å². The summed E-state index contributed by atoms with van der Waals surface area (Å²) < 4.78 is 1.58. The molecule has 1 amide bonds. The summed E-state index contributed by atoms with van der Waals surface area (Å²) in [6.07, 6.45) is 5.98. The standard InChI is InChI=1S/C21H25N3O2S/c1-14-3-5-18(19(11-14)27-2)24-12-16(4-6-20(24)25)21(26)22-17-13-23-9-7-15(17)8-10-23/h3-6,11-12,15,17H,7-10,13H2,1-2H3,(H,22,26)/t17-/m0/s1. The van der Waals surface area contributed by atoms with Crippen LogP contribution in [0.25, 0.3) is 5.69 Å². The molecule has 0 radical (unpaired) electrons. The third kappa shape index (κ3) is 3.69. The highest BCUT2D eigenvalue weighted by Crippen LogP contribution is 2.28. The molecule has 6 heteroatoms. The Kier molecular flexibility index (Phi) is 5.10. The Balaban J connectivity index is 1.61. The molecule has 1 atom stereocenters. The van der Waals surface area contributed by atoms with Crippen molar-refractivity contribution in [3.8, 4) is 5.69 Å². The Morgan fingerprint density at radius 2 is 1.96 bits per heavy atom. The summed E-state index contributed by atoms with van der Waals surface area (Å²) in [7, 11) is 0. The summed E-state index contributed by atoms with van der Waals surface area (Å²) in [5.41, 5.74) is 2.36. The van der Waals surface area contributed by atoms with Gasteiger partial charge in [-0.2, -0.15) is 0 Å². The van der Waals surface area contributed by atoms with Crippen molar-refractivity contribution in [3.63, 3.8) is 0 Å². The lowest BCUT2D eigenvalue weighted by Crippen LogP contribution is -2.57. The first-order chi connectivity index (χ1) is 13.0. The molecule has 142 valence electrons. The smallest absolute Gasteiger partial charge is 0.255 e. The minimum absolute atomic E-state index is 0.0969. The molecule has 0 spiro atoms. The number of nitrogens with one attached hydrogen (secondary N) is 1. The Labute approximate surface area is 163 Å². The molecule has 5 rings (SSSR count). The molecular weight excluding hydrogens is 358 g/mol. The van der Waals surface area contributed by atoms with E-state index in [-0.39, 0.29) is 17.5 Å². The van der Waals surface area contributed by atoms with Crippen LogP contribution in [-0.2, 0) is 0 Å². The zero-order valence-electron chi connectivity index (χ0n) is 15.8. The van der Waals surface area contributed by atoms with E-state index in [4.69, 9.17) is 0 Å². The normalized spacial score (nSPS) is 24.0. The molecule has 1 aromatic heterocycles. The van der Waals surface area contributed by atoms with Crippen LogP contribution < -0.4 is 10.9 Å². The first-order valence-corrected chi connectivity index (χ1v) is 10.7. The minimum Gasteiger partial charge on any atom is -0.348 e. The van der Waals surface area contributed by atoms with Gasteiger partial charge < -0.3 is 10.2 Å². The van der Waals surface area contributed by atoms with Crippen LogP contribution in [-0.4, -0.2) is 47.3 Å². The highest BCUT2D eigenvalue weighted by molar-refractivity contribution is 7.98. The fourth-order valence-corrected chi connectivity index (χ4v) is 4.85. The van der Waals surface area contributed by atoms with E-state index in [0.29, 0.717) is 11.5 Å². The molecule has 1 N–H and O–H groups in total. The average Bonchev–Trinajstić information content (AvgIpc) is 2.69. The zero-order chi connectivity index (χ0) is 19.0. The number of nitrogens with zero attached hydrogens (tertiary/aromatic N) is 2. The molecular formula is C21H25N3O2S. The molecule has 0 aliphatic carbocycles. The van der Waals surface area contributed by atoms with E-state index in [9.17, 15) is 9.59 Å². The number of piperidine rings is 3. The molecule has 3 saturated heterocycles. The lowest BCUT2D eigenvalue weighted by atomic mass is 9.84. The van der Waals surface area contributed by atoms with Crippen LogP contribution in [0.15, 0.2) is 46.2 Å². The number of carbonyl (C=O) groups excluding carboxylic acids is 1. The Morgan fingerprint density at radius 1 is 1.19 bits per heavy atom. The van der Waals surface area contributed by atoms with Crippen molar-refractivity contribution in [2.45, 2.75) is 30.7 Å². The number of aromatic nitrogens is 1. The predicted octanol–water partition coefficient (Wildman–Crippen LogP) is 2.69. The quantitative estimate of drug-likeness (QED) is 0.825. The second kappa shape index (κ2) is 7.52. The number of rotatable bonds is 4. The summed E-state index contributed by atoms with van der Waals surface area (Å²) in [5, 5.41) is 3.20. The van der Waals surface area contributed by atoms with Crippen LogP contribution in [0, 0.1) is 12.8 Å². The number of pyridine rings is 1. The number of amides is 1. The Morgan fingerprint density at radius 3 is 2.63 bits per heavy atom. The topological polar surface area (TPSA) is 54.3 Å². The van der Waals surface area contributed by atoms with Gasteiger partial charge in [-0.25, -0.2) is 0 Å². The number of hydrogen-bond acceptors (Lipinski definition) is 4. The molecule has 4 heterocycles. The maximum Gasteiger partial charge on any atom is 0.255 e. The van der Waals surface area contributed by atoms with Crippen molar-refractivity contribution in [1.29, 1.82) is 0 Å².